The Kier molecular flexibility index (Phi) is 9.08. The van der Waals surface area contributed by atoms with Crippen LogP contribution in [-0.4, -0.2) is 31.4 Å². The molecule has 0 aliphatic carbocycles. The first-order valence-electron chi connectivity index (χ1n) is 10.1. The zero-order chi connectivity index (χ0) is 23.8. The Bertz CT molecular complexity index is 1150. The van der Waals surface area contributed by atoms with E-state index in [1.165, 1.54) is 14.2 Å². The first-order chi connectivity index (χ1) is 15.9. The Morgan fingerprint density at radius 2 is 1.79 bits per heavy atom. The highest BCUT2D eigenvalue weighted by molar-refractivity contribution is 9.10. The summed E-state index contributed by atoms with van der Waals surface area (Å²) in [6.45, 7) is 0.354. The van der Waals surface area contributed by atoms with Gasteiger partial charge in [0.2, 0.25) is 5.43 Å². The molecule has 0 aliphatic heterocycles. The molecule has 0 bridgehead atoms. The predicted octanol–water partition coefficient (Wildman–Crippen LogP) is 4.46. The van der Waals surface area contributed by atoms with Crippen LogP contribution in [0.25, 0.3) is 0 Å². The van der Waals surface area contributed by atoms with Gasteiger partial charge in [-0.1, -0.05) is 54.1 Å². The Balaban J connectivity index is 1.92. The molecule has 0 radical (unpaired) electrons. The SMILES string of the molecule is COC(Cc1[nH]c(C(=O)NCc2cccc(Cl)c2)c(OCc2ccccc2)c(=O)c1Br)OC. The van der Waals surface area contributed by atoms with Gasteiger partial charge in [-0.2, -0.15) is 0 Å². The number of halogens is 2. The van der Waals surface area contributed by atoms with E-state index in [2.05, 4.69) is 26.2 Å². The first kappa shape index (κ1) is 25.0. The molecule has 174 valence electrons. The van der Waals surface area contributed by atoms with E-state index in [0.29, 0.717) is 10.7 Å². The van der Waals surface area contributed by atoms with Crippen molar-refractivity contribution >= 4 is 33.4 Å². The third-order valence-corrected chi connectivity index (χ3v) is 5.94. The number of methoxy groups -OCH3 is 2. The van der Waals surface area contributed by atoms with Gasteiger partial charge in [0.15, 0.2) is 17.7 Å². The maximum absolute atomic E-state index is 13.1. The molecule has 2 N–H and O–H groups in total. The Labute approximate surface area is 205 Å². The van der Waals surface area contributed by atoms with Crippen molar-refractivity contribution in [3.8, 4) is 5.75 Å². The zero-order valence-corrected chi connectivity index (χ0v) is 20.5. The summed E-state index contributed by atoms with van der Waals surface area (Å²) >= 11 is 9.36. The predicted molar refractivity (Wildman–Crippen MR) is 130 cm³/mol. The number of hydrogen-bond donors (Lipinski definition) is 2. The average Bonchev–Trinajstić information content (AvgIpc) is 2.83. The highest BCUT2D eigenvalue weighted by atomic mass is 79.9. The van der Waals surface area contributed by atoms with Crippen LogP contribution in [0.1, 0.15) is 27.3 Å². The summed E-state index contributed by atoms with van der Waals surface area (Å²) in [5.41, 5.74) is 1.71. The van der Waals surface area contributed by atoms with Crippen LogP contribution in [0.3, 0.4) is 0 Å². The molecule has 1 amide bonds. The van der Waals surface area contributed by atoms with E-state index < -0.39 is 17.6 Å². The largest absolute Gasteiger partial charge is 0.483 e. The van der Waals surface area contributed by atoms with Crippen LogP contribution in [0.15, 0.2) is 63.9 Å². The highest BCUT2D eigenvalue weighted by Gasteiger charge is 2.23. The summed E-state index contributed by atoms with van der Waals surface area (Å²) in [5, 5.41) is 3.38. The number of carbonyl (C=O) groups is 1. The summed E-state index contributed by atoms with van der Waals surface area (Å²) in [6, 6.07) is 16.5. The summed E-state index contributed by atoms with van der Waals surface area (Å²) in [7, 11) is 2.99. The minimum absolute atomic E-state index is 0.0158. The van der Waals surface area contributed by atoms with Gasteiger partial charge in [-0.3, -0.25) is 9.59 Å². The number of benzene rings is 2. The molecular formula is C24H24BrClN2O5. The second kappa shape index (κ2) is 12.0. The van der Waals surface area contributed by atoms with Gasteiger partial charge >= 0.3 is 0 Å². The summed E-state index contributed by atoms with van der Waals surface area (Å²) in [6.07, 6.45) is -0.383. The third-order valence-electron chi connectivity index (χ3n) is 4.87. The van der Waals surface area contributed by atoms with Crippen molar-refractivity contribution in [2.24, 2.45) is 0 Å². The fourth-order valence-corrected chi connectivity index (χ4v) is 3.78. The number of H-pyrrole nitrogens is 1. The maximum atomic E-state index is 13.1. The maximum Gasteiger partial charge on any atom is 0.271 e. The van der Waals surface area contributed by atoms with Crippen molar-refractivity contribution < 1.29 is 19.0 Å². The number of hydrogen-bond acceptors (Lipinski definition) is 5. The number of aromatic amines is 1. The van der Waals surface area contributed by atoms with Gasteiger partial charge < -0.3 is 24.5 Å². The summed E-state index contributed by atoms with van der Waals surface area (Å²) in [5.74, 6) is -0.570. The zero-order valence-electron chi connectivity index (χ0n) is 18.2. The van der Waals surface area contributed by atoms with Gasteiger partial charge in [-0.05, 0) is 39.2 Å². The van der Waals surface area contributed by atoms with Crippen molar-refractivity contribution in [3.05, 3.63) is 96.8 Å². The second-order valence-electron chi connectivity index (χ2n) is 7.14. The third kappa shape index (κ3) is 6.68. The van der Waals surface area contributed by atoms with Crippen LogP contribution in [-0.2, 0) is 29.0 Å². The minimum Gasteiger partial charge on any atom is -0.483 e. The topological polar surface area (TPSA) is 89.7 Å². The molecule has 0 saturated heterocycles. The van der Waals surface area contributed by atoms with E-state index >= 15 is 0 Å². The van der Waals surface area contributed by atoms with Gasteiger partial charge in [-0.15, -0.1) is 0 Å². The summed E-state index contributed by atoms with van der Waals surface area (Å²) < 4.78 is 16.6. The molecule has 3 rings (SSSR count). The molecular weight excluding hydrogens is 512 g/mol. The quantitative estimate of drug-likeness (QED) is 0.374. The normalized spacial score (nSPS) is 10.9. The monoisotopic (exact) mass is 534 g/mol. The molecule has 3 aromatic rings. The molecule has 0 atom stereocenters. The number of nitrogens with one attached hydrogen (secondary N) is 2. The number of ether oxygens (including phenoxy) is 3. The average molecular weight is 536 g/mol. The van der Waals surface area contributed by atoms with Crippen LogP contribution >= 0.6 is 27.5 Å². The van der Waals surface area contributed by atoms with E-state index in [4.69, 9.17) is 25.8 Å². The lowest BCUT2D eigenvalue weighted by Crippen LogP contribution is -2.29. The van der Waals surface area contributed by atoms with Gasteiger partial charge in [0.25, 0.3) is 5.91 Å². The minimum atomic E-state index is -0.601. The molecule has 33 heavy (non-hydrogen) atoms. The summed E-state index contributed by atoms with van der Waals surface area (Å²) in [4.78, 5) is 29.3. The van der Waals surface area contributed by atoms with Crippen molar-refractivity contribution in [2.75, 3.05) is 14.2 Å². The van der Waals surface area contributed by atoms with Gasteiger partial charge in [0.1, 0.15) is 6.61 Å². The van der Waals surface area contributed by atoms with E-state index in [-0.39, 0.29) is 35.5 Å². The Hall–Kier alpha value is -2.65. The molecule has 0 aliphatic rings. The number of amides is 1. The standard InChI is InChI=1S/C24H24BrClN2O5/c1-31-19(32-2)12-18-20(25)22(29)23(33-14-15-7-4-3-5-8-15)21(28-18)24(30)27-13-16-9-6-10-17(26)11-16/h3-11,19H,12-14H2,1-2H3,(H,27,30)(H,28,29). The fourth-order valence-electron chi connectivity index (χ4n) is 3.13. The highest BCUT2D eigenvalue weighted by Crippen LogP contribution is 2.22. The van der Waals surface area contributed by atoms with Crippen molar-refractivity contribution in [1.29, 1.82) is 0 Å². The lowest BCUT2D eigenvalue weighted by Gasteiger charge is -2.17. The molecule has 0 unspecified atom stereocenters. The van der Waals surface area contributed by atoms with Crippen LogP contribution in [0, 0.1) is 0 Å². The number of pyridine rings is 1. The molecule has 0 saturated carbocycles. The molecule has 2 aromatic carbocycles. The fraction of sp³-hybridized carbons (Fsp3) is 0.250. The molecule has 7 nitrogen and oxygen atoms in total. The van der Waals surface area contributed by atoms with Gasteiger partial charge in [0.05, 0.1) is 4.47 Å². The molecule has 1 heterocycles. The van der Waals surface area contributed by atoms with Gasteiger partial charge in [-0.25, -0.2) is 0 Å². The van der Waals surface area contributed by atoms with Crippen LogP contribution in [0.2, 0.25) is 5.02 Å². The van der Waals surface area contributed by atoms with Crippen molar-refractivity contribution in [2.45, 2.75) is 25.9 Å². The van der Waals surface area contributed by atoms with E-state index in [9.17, 15) is 9.59 Å². The Morgan fingerprint density at radius 1 is 1.09 bits per heavy atom. The van der Waals surface area contributed by atoms with Crippen LogP contribution in [0.4, 0.5) is 0 Å². The van der Waals surface area contributed by atoms with E-state index in [1.54, 1.807) is 18.2 Å². The Morgan fingerprint density at radius 3 is 2.45 bits per heavy atom. The molecule has 0 fully saturated rings. The second-order valence-corrected chi connectivity index (χ2v) is 8.37. The van der Waals surface area contributed by atoms with Crippen molar-refractivity contribution in [3.63, 3.8) is 0 Å². The van der Waals surface area contributed by atoms with E-state index in [1.807, 2.05) is 36.4 Å². The smallest absolute Gasteiger partial charge is 0.271 e. The van der Waals surface area contributed by atoms with E-state index in [0.717, 1.165) is 11.1 Å². The lowest BCUT2D eigenvalue weighted by molar-refractivity contribution is -0.101. The molecule has 1 aromatic heterocycles. The van der Waals surface area contributed by atoms with Crippen LogP contribution < -0.4 is 15.5 Å². The van der Waals surface area contributed by atoms with Crippen LogP contribution in [0.5, 0.6) is 5.75 Å². The first-order valence-corrected chi connectivity index (χ1v) is 11.3. The lowest BCUT2D eigenvalue weighted by atomic mass is 10.2. The number of carbonyl (C=O) groups excluding carboxylic acids is 1. The number of rotatable bonds is 10. The van der Waals surface area contributed by atoms with Crippen molar-refractivity contribution in [1.82, 2.24) is 10.3 Å². The molecule has 0 spiro atoms. The molecule has 9 heteroatoms. The van der Waals surface area contributed by atoms with Gasteiger partial charge in [0, 0.05) is 37.9 Å². The number of aromatic nitrogens is 1.